The van der Waals surface area contributed by atoms with Gasteiger partial charge in [-0.15, -0.1) is 0 Å². The number of nitrogens with zero attached hydrogens (tertiary/aromatic N) is 2. The molecule has 9 heteroatoms. The van der Waals surface area contributed by atoms with E-state index in [-0.39, 0.29) is 22.5 Å². The standard InChI is InChI=1S/C21H27FN4O3S/c22-17-8-4-5-9-18(17)23-21(27)20-14-19(24-25-20)15-10-12-26(13-11-15)30(28,29)16-6-2-1-3-7-16/h4-5,8-9,14-16H,1-3,6-7,10-13H2,(H,23,27)(H,24,25). The zero-order chi connectivity index (χ0) is 21.1. The quantitative estimate of drug-likeness (QED) is 0.751. The van der Waals surface area contributed by atoms with Crippen LogP contribution in [-0.4, -0.2) is 47.2 Å². The number of aromatic amines is 1. The molecule has 162 valence electrons. The lowest BCUT2D eigenvalue weighted by molar-refractivity contribution is 0.102. The minimum absolute atomic E-state index is 0.105. The molecule has 1 aromatic heterocycles. The number of aromatic nitrogens is 2. The number of carbonyl (C=O) groups excluding carboxylic acids is 1. The zero-order valence-corrected chi connectivity index (χ0v) is 17.6. The number of anilines is 1. The third kappa shape index (κ3) is 4.41. The highest BCUT2D eigenvalue weighted by atomic mass is 32.2. The van der Waals surface area contributed by atoms with Gasteiger partial charge in [-0.3, -0.25) is 9.89 Å². The van der Waals surface area contributed by atoms with Gasteiger partial charge in [0.1, 0.15) is 5.82 Å². The van der Waals surface area contributed by atoms with Crippen molar-refractivity contribution in [2.45, 2.75) is 56.1 Å². The van der Waals surface area contributed by atoms with E-state index in [1.54, 1.807) is 22.5 Å². The summed E-state index contributed by atoms with van der Waals surface area (Å²) in [5.74, 6) is -0.876. The van der Waals surface area contributed by atoms with Crippen molar-refractivity contribution in [3.8, 4) is 0 Å². The fraction of sp³-hybridized carbons (Fsp3) is 0.524. The third-order valence-corrected chi connectivity index (χ3v) is 8.58. The van der Waals surface area contributed by atoms with Gasteiger partial charge in [-0.05, 0) is 43.9 Å². The summed E-state index contributed by atoms with van der Waals surface area (Å²) in [7, 11) is -3.23. The molecule has 1 amide bonds. The molecule has 2 N–H and O–H groups in total. The van der Waals surface area contributed by atoms with Gasteiger partial charge in [0.05, 0.1) is 10.9 Å². The number of rotatable bonds is 5. The van der Waals surface area contributed by atoms with Crippen LogP contribution >= 0.6 is 0 Å². The topological polar surface area (TPSA) is 95.2 Å². The van der Waals surface area contributed by atoms with E-state index in [2.05, 4.69) is 15.5 Å². The second-order valence-electron chi connectivity index (χ2n) is 8.12. The van der Waals surface area contributed by atoms with Gasteiger partial charge < -0.3 is 5.32 Å². The maximum absolute atomic E-state index is 13.7. The van der Waals surface area contributed by atoms with E-state index in [1.807, 2.05) is 0 Å². The van der Waals surface area contributed by atoms with Gasteiger partial charge in [0, 0.05) is 24.7 Å². The summed E-state index contributed by atoms with van der Waals surface area (Å²) < 4.78 is 41.2. The number of carbonyl (C=O) groups is 1. The minimum Gasteiger partial charge on any atom is -0.318 e. The van der Waals surface area contributed by atoms with Crippen molar-refractivity contribution in [3.63, 3.8) is 0 Å². The van der Waals surface area contributed by atoms with Gasteiger partial charge in [0.25, 0.3) is 5.91 Å². The first kappa shape index (κ1) is 21.0. The van der Waals surface area contributed by atoms with Crippen LogP contribution in [0.4, 0.5) is 10.1 Å². The molecule has 1 saturated carbocycles. The normalized spacial score (nSPS) is 19.6. The highest BCUT2D eigenvalue weighted by Gasteiger charge is 2.35. The predicted octanol–water partition coefficient (Wildman–Crippen LogP) is 3.64. The van der Waals surface area contributed by atoms with Crippen LogP contribution < -0.4 is 5.32 Å². The molecule has 1 aliphatic heterocycles. The van der Waals surface area contributed by atoms with Crippen LogP contribution in [0.2, 0.25) is 0 Å². The largest absolute Gasteiger partial charge is 0.318 e. The molecule has 0 spiro atoms. The predicted molar refractivity (Wildman–Crippen MR) is 112 cm³/mol. The van der Waals surface area contributed by atoms with Crippen LogP contribution in [0.5, 0.6) is 0 Å². The summed E-state index contributed by atoms with van der Waals surface area (Å²) in [4.78, 5) is 12.4. The Kier molecular flexibility index (Phi) is 6.19. The molecule has 1 aliphatic carbocycles. The lowest BCUT2D eigenvalue weighted by atomic mass is 9.94. The van der Waals surface area contributed by atoms with E-state index in [4.69, 9.17) is 0 Å². The highest BCUT2D eigenvalue weighted by molar-refractivity contribution is 7.89. The molecule has 2 fully saturated rings. The number of para-hydroxylation sites is 1. The van der Waals surface area contributed by atoms with Gasteiger partial charge in [0.2, 0.25) is 10.0 Å². The van der Waals surface area contributed by atoms with Crippen LogP contribution in [0.15, 0.2) is 30.3 Å². The molecule has 0 bridgehead atoms. The highest BCUT2D eigenvalue weighted by Crippen LogP contribution is 2.32. The number of benzene rings is 1. The van der Waals surface area contributed by atoms with E-state index in [0.717, 1.165) is 37.8 Å². The molecule has 7 nitrogen and oxygen atoms in total. The molecule has 0 radical (unpaired) electrons. The summed E-state index contributed by atoms with van der Waals surface area (Å²) in [6.45, 7) is 0.971. The van der Waals surface area contributed by atoms with E-state index < -0.39 is 21.7 Å². The fourth-order valence-electron chi connectivity index (χ4n) is 4.41. The van der Waals surface area contributed by atoms with Crippen LogP contribution in [0.1, 0.15) is 67.0 Å². The Balaban J connectivity index is 1.36. The maximum Gasteiger partial charge on any atom is 0.276 e. The molecule has 30 heavy (non-hydrogen) atoms. The summed E-state index contributed by atoms with van der Waals surface area (Å²) in [6.07, 6.45) is 6.01. The number of nitrogens with one attached hydrogen (secondary N) is 2. The molecule has 1 saturated heterocycles. The summed E-state index contributed by atoms with van der Waals surface area (Å²) in [5, 5.41) is 9.26. The van der Waals surface area contributed by atoms with Crippen LogP contribution in [0.25, 0.3) is 0 Å². The monoisotopic (exact) mass is 434 g/mol. The van der Waals surface area contributed by atoms with Crippen molar-refractivity contribution in [2.75, 3.05) is 18.4 Å². The van der Waals surface area contributed by atoms with Crippen LogP contribution in [-0.2, 0) is 10.0 Å². The molecular weight excluding hydrogens is 407 g/mol. The molecule has 2 heterocycles. The van der Waals surface area contributed by atoms with Gasteiger partial charge in [-0.1, -0.05) is 31.4 Å². The van der Waals surface area contributed by atoms with Gasteiger partial charge >= 0.3 is 0 Å². The average molecular weight is 435 g/mol. The Morgan fingerprint density at radius 1 is 1.10 bits per heavy atom. The molecule has 2 aromatic rings. The van der Waals surface area contributed by atoms with E-state index in [0.29, 0.717) is 25.9 Å². The molecule has 0 unspecified atom stereocenters. The van der Waals surface area contributed by atoms with Gasteiger partial charge in [0.15, 0.2) is 5.69 Å². The molecule has 4 rings (SSSR count). The van der Waals surface area contributed by atoms with Crippen molar-refractivity contribution in [2.24, 2.45) is 0 Å². The fourth-order valence-corrected chi connectivity index (χ4v) is 6.48. The second-order valence-corrected chi connectivity index (χ2v) is 10.3. The first-order chi connectivity index (χ1) is 14.4. The number of halogens is 1. The molecular formula is C21H27FN4O3S. The third-order valence-electron chi connectivity index (χ3n) is 6.18. The number of piperidine rings is 1. The Morgan fingerprint density at radius 3 is 2.50 bits per heavy atom. The molecule has 1 aromatic carbocycles. The van der Waals surface area contributed by atoms with Crippen molar-refractivity contribution in [1.29, 1.82) is 0 Å². The Labute approximate surface area is 176 Å². The summed E-state index contributed by atoms with van der Waals surface area (Å²) >= 11 is 0. The SMILES string of the molecule is O=C(Nc1ccccc1F)c1cc(C2CCN(S(=O)(=O)C3CCCCC3)CC2)[nH]n1. The number of amides is 1. The Hall–Kier alpha value is -2.26. The number of sulfonamides is 1. The van der Waals surface area contributed by atoms with Gasteiger partial charge in [-0.25, -0.2) is 17.1 Å². The van der Waals surface area contributed by atoms with Crippen molar-refractivity contribution in [3.05, 3.63) is 47.5 Å². The van der Waals surface area contributed by atoms with Crippen molar-refractivity contribution < 1.29 is 17.6 Å². The minimum atomic E-state index is -3.23. The van der Waals surface area contributed by atoms with E-state index in [9.17, 15) is 17.6 Å². The number of hydrogen-bond donors (Lipinski definition) is 2. The Bertz CT molecular complexity index is 993. The number of H-pyrrole nitrogens is 1. The second kappa shape index (κ2) is 8.85. The first-order valence-corrected chi connectivity index (χ1v) is 12.1. The van der Waals surface area contributed by atoms with Crippen molar-refractivity contribution in [1.82, 2.24) is 14.5 Å². The zero-order valence-electron chi connectivity index (χ0n) is 16.8. The van der Waals surface area contributed by atoms with Gasteiger partial charge in [-0.2, -0.15) is 5.10 Å². The molecule has 2 aliphatic rings. The van der Waals surface area contributed by atoms with E-state index >= 15 is 0 Å². The van der Waals surface area contributed by atoms with Crippen LogP contribution in [0.3, 0.4) is 0 Å². The van der Waals surface area contributed by atoms with E-state index in [1.165, 1.54) is 12.1 Å². The van der Waals surface area contributed by atoms with Crippen molar-refractivity contribution >= 4 is 21.6 Å². The maximum atomic E-state index is 13.7. The Morgan fingerprint density at radius 2 is 1.80 bits per heavy atom. The van der Waals surface area contributed by atoms with Crippen LogP contribution in [0, 0.1) is 5.82 Å². The summed E-state index contributed by atoms with van der Waals surface area (Å²) in [5.41, 5.74) is 1.10. The summed E-state index contributed by atoms with van der Waals surface area (Å²) in [6, 6.07) is 7.64. The lowest BCUT2D eigenvalue weighted by Gasteiger charge is -2.34. The average Bonchev–Trinajstić information content (AvgIpc) is 3.27. The smallest absolute Gasteiger partial charge is 0.276 e. The lowest BCUT2D eigenvalue weighted by Crippen LogP contribution is -2.43. The molecule has 0 atom stereocenters. The first-order valence-electron chi connectivity index (χ1n) is 10.6. The number of hydrogen-bond acceptors (Lipinski definition) is 4.